The zero-order valence-electron chi connectivity index (χ0n) is 11.3. The zero-order valence-corrected chi connectivity index (χ0v) is 12.9. The molecule has 0 saturated carbocycles. The summed E-state index contributed by atoms with van der Waals surface area (Å²) >= 11 is 3.38. The Kier molecular flexibility index (Phi) is 4.49. The van der Waals surface area contributed by atoms with Crippen molar-refractivity contribution in [1.29, 1.82) is 0 Å². The third kappa shape index (κ3) is 2.86. The number of halogens is 1. The summed E-state index contributed by atoms with van der Waals surface area (Å²) in [6.07, 6.45) is 0. The van der Waals surface area contributed by atoms with Crippen LogP contribution in [0.3, 0.4) is 0 Å². The van der Waals surface area contributed by atoms with Crippen LogP contribution in [0.1, 0.15) is 17.4 Å². The van der Waals surface area contributed by atoms with Crippen LogP contribution in [0, 0.1) is 10.1 Å². The van der Waals surface area contributed by atoms with Gasteiger partial charge in [-0.25, -0.2) is 0 Å². The fraction of sp³-hybridized carbons (Fsp3) is 0.231. The first-order chi connectivity index (χ1) is 9.99. The van der Waals surface area contributed by atoms with E-state index in [9.17, 15) is 10.1 Å². The average Bonchev–Trinajstić information content (AvgIpc) is 2.96. The monoisotopic (exact) mass is 356 g/mol. The largest absolute Gasteiger partial charge is 0.495 e. The van der Waals surface area contributed by atoms with Crippen LogP contribution < -0.4 is 15.2 Å². The Hall–Kier alpha value is -2.06. The summed E-state index contributed by atoms with van der Waals surface area (Å²) in [6, 6.07) is 5.48. The molecule has 0 saturated heterocycles. The molecular formula is C13H13BrN2O5. The van der Waals surface area contributed by atoms with Gasteiger partial charge in [-0.3, -0.25) is 10.1 Å². The van der Waals surface area contributed by atoms with E-state index in [1.54, 1.807) is 12.1 Å². The molecule has 0 aliphatic carbocycles. The second kappa shape index (κ2) is 6.15. The van der Waals surface area contributed by atoms with Gasteiger partial charge in [-0.1, -0.05) is 0 Å². The standard InChI is InChI=1S/C13H13BrN2O5/c1-19-8-4-3-7(13(20-2)11(8)14)12(15)9-5-6-10(21-9)16(17)18/h3-6,12H,15H2,1-2H3. The predicted octanol–water partition coefficient (Wildman–Crippen LogP) is 3.02. The van der Waals surface area contributed by atoms with E-state index in [-0.39, 0.29) is 11.6 Å². The van der Waals surface area contributed by atoms with Crippen molar-refractivity contribution in [3.63, 3.8) is 0 Å². The molecule has 1 unspecified atom stereocenters. The van der Waals surface area contributed by atoms with E-state index in [0.717, 1.165) is 0 Å². The Morgan fingerprint density at radius 1 is 1.29 bits per heavy atom. The fourth-order valence-corrected chi connectivity index (χ4v) is 2.61. The molecular weight excluding hydrogens is 344 g/mol. The molecule has 2 N–H and O–H groups in total. The molecule has 21 heavy (non-hydrogen) atoms. The molecule has 1 aromatic heterocycles. The Morgan fingerprint density at radius 2 is 2.00 bits per heavy atom. The van der Waals surface area contributed by atoms with Gasteiger partial charge in [-0.2, -0.15) is 0 Å². The van der Waals surface area contributed by atoms with Gasteiger partial charge in [0.25, 0.3) is 0 Å². The predicted molar refractivity (Wildman–Crippen MR) is 78.6 cm³/mol. The third-order valence-corrected chi connectivity index (χ3v) is 3.70. The number of benzene rings is 1. The Bertz CT molecular complexity index is 671. The number of ether oxygens (including phenoxy) is 2. The Balaban J connectivity index is 2.44. The van der Waals surface area contributed by atoms with Gasteiger partial charge in [0.05, 0.1) is 26.3 Å². The molecule has 0 amide bonds. The number of nitrogens with two attached hydrogens (primary N) is 1. The number of hydrogen-bond acceptors (Lipinski definition) is 6. The molecule has 8 heteroatoms. The van der Waals surface area contributed by atoms with E-state index >= 15 is 0 Å². The fourth-order valence-electron chi connectivity index (χ4n) is 1.92. The van der Waals surface area contributed by atoms with Gasteiger partial charge in [-0.05, 0) is 34.1 Å². The highest BCUT2D eigenvalue weighted by Gasteiger charge is 2.23. The molecule has 1 heterocycles. The summed E-state index contributed by atoms with van der Waals surface area (Å²) in [7, 11) is 3.04. The van der Waals surface area contributed by atoms with Crippen molar-refractivity contribution in [1.82, 2.24) is 0 Å². The lowest BCUT2D eigenvalue weighted by atomic mass is 10.0. The van der Waals surface area contributed by atoms with Crippen molar-refractivity contribution in [3.05, 3.63) is 50.2 Å². The molecule has 0 spiro atoms. The molecule has 2 rings (SSSR count). The maximum atomic E-state index is 10.7. The molecule has 0 bridgehead atoms. The van der Waals surface area contributed by atoms with Gasteiger partial charge in [0.1, 0.15) is 26.7 Å². The molecule has 0 aliphatic heterocycles. The molecule has 0 fully saturated rings. The van der Waals surface area contributed by atoms with Crippen molar-refractivity contribution < 1.29 is 18.8 Å². The second-order valence-electron chi connectivity index (χ2n) is 4.12. The zero-order chi connectivity index (χ0) is 15.6. The first-order valence-electron chi connectivity index (χ1n) is 5.89. The molecule has 1 aromatic carbocycles. The lowest BCUT2D eigenvalue weighted by Crippen LogP contribution is -2.12. The molecule has 112 valence electrons. The lowest BCUT2D eigenvalue weighted by Gasteiger charge is -2.16. The molecule has 7 nitrogen and oxygen atoms in total. The van der Waals surface area contributed by atoms with E-state index < -0.39 is 11.0 Å². The highest BCUT2D eigenvalue weighted by molar-refractivity contribution is 9.10. The minimum absolute atomic E-state index is 0.275. The molecule has 0 aliphatic rings. The van der Waals surface area contributed by atoms with Crippen molar-refractivity contribution in [2.45, 2.75) is 6.04 Å². The van der Waals surface area contributed by atoms with Crippen LogP contribution in [-0.2, 0) is 0 Å². The first-order valence-corrected chi connectivity index (χ1v) is 6.69. The van der Waals surface area contributed by atoms with Crippen LogP contribution in [0.2, 0.25) is 0 Å². The summed E-state index contributed by atoms with van der Waals surface area (Å²) in [5.74, 6) is 0.998. The van der Waals surface area contributed by atoms with Gasteiger partial charge < -0.3 is 19.6 Å². The van der Waals surface area contributed by atoms with E-state index in [0.29, 0.717) is 21.5 Å². The van der Waals surface area contributed by atoms with Gasteiger partial charge >= 0.3 is 5.88 Å². The van der Waals surface area contributed by atoms with Crippen molar-refractivity contribution >= 4 is 21.8 Å². The van der Waals surface area contributed by atoms with E-state index in [4.69, 9.17) is 19.6 Å². The number of nitro groups is 1. The van der Waals surface area contributed by atoms with Crippen LogP contribution in [-0.4, -0.2) is 19.1 Å². The van der Waals surface area contributed by atoms with Crippen molar-refractivity contribution in [2.75, 3.05) is 14.2 Å². The number of furan rings is 1. The van der Waals surface area contributed by atoms with Gasteiger partial charge in [0, 0.05) is 5.56 Å². The molecule has 2 aromatic rings. The summed E-state index contributed by atoms with van der Waals surface area (Å²) < 4.78 is 16.3. The summed E-state index contributed by atoms with van der Waals surface area (Å²) in [5.41, 5.74) is 6.73. The Labute approximate surface area is 128 Å². The Morgan fingerprint density at radius 3 is 2.52 bits per heavy atom. The average molecular weight is 357 g/mol. The first kappa shape index (κ1) is 15.3. The minimum atomic E-state index is -0.698. The van der Waals surface area contributed by atoms with Crippen molar-refractivity contribution in [3.8, 4) is 11.5 Å². The quantitative estimate of drug-likeness (QED) is 0.652. The lowest BCUT2D eigenvalue weighted by molar-refractivity contribution is -0.402. The van der Waals surface area contributed by atoms with Gasteiger partial charge in [0.15, 0.2) is 0 Å². The highest BCUT2D eigenvalue weighted by Crippen LogP contribution is 2.41. The maximum Gasteiger partial charge on any atom is 0.433 e. The molecule has 0 radical (unpaired) electrons. The van der Waals surface area contributed by atoms with Gasteiger partial charge in [-0.15, -0.1) is 0 Å². The summed E-state index contributed by atoms with van der Waals surface area (Å²) in [5, 5.41) is 10.7. The molecule has 1 atom stereocenters. The highest BCUT2D eigenvalue weighted by atomic mass is 79.9. The van der Waals surface area contributed by atoms with Crippen molar-refractivity contribution in [2.24, 2.45) is 5.73 Å². The minimum Gasteiger partial charge on any atom is -0.495 e. The third-order valence-electron chi connectivity index (χ3n) is 2.95. The number of nitrogens with zero attached hydrogens (tertiary/aromatic N) is 1. The SMILES string of the molecule is COc1ccc(C(N)c2ccc([N+](=O)[O-])o2)c(OC)c1Br. The number of rotatable bonds is 5. The second-order valence-corrected chi connectivity index (χ2v) is 4.91. The topological polar surface area (TPSA) is 101 Å². The summed E-state index contributed by atoms with van der Waals surface area (Å²) in [4.78, 5) is 10.0. The maximum absolute atomic E-state index is 10.7. The smallest absolute Gasteiger partial charge is 0.433 e. The van der Waals surface area contributed by atoms with Crippen LogP contribution in [0.15, 0.2) is 33.2 Å². The van der Waals surface area contributed by atoms with Gasteiger partial charge in [0.2, 0.25) is 0 Å². The van der Waals surface area contributed by atoms with E-state index in [2.05, 4.69) is 15.9 Å². The van der Waals surface area contributed by atoms with Crippen LogP contribution in [0.5, 0.6) is 11.5 Å². The normalized spacial score (nSPS) is 12.0. The summed E-state index contributed by atoms with van der Waals surface area (Å²) in [6.45, 7) is 0. The van der Waals surface area contributed by atoms with E-state index in [1.165, 1.54) is 26.4 Å². The van der Waals surface area contributed by atoms with Crippen LogP contribution in [0.25, 0.3) is 0 Å². The number of methoxy groups -OCH3 is 2. The number of hydrogen-bond donors (Lipinski definition) is 1. The van der Waals surface area contributed by atoms with Crippen LogP contribution in [0.4, 0.5) is 5.88 Å². The van der Waals surface area contributed by atoms with E-state index in [1.807, 2.05) is 0 Å². The van der Waals surface area contributed by atoms with Crippen LogP contribution >= 0.6 is 15.9 Å².